The minimum atomic E-state index is -0.246. The number of nitrogens with zero attached hydrogens (tertiary/aromatic N) is 3. The molecule has 0 bridgehead atoms. The summed E-state index contributed by atoms with van der Waals surface area (Å²) in [4.78, 5) is 14.8. The number of hydrogen-bond acceptors (Lipinski definition) is 5. The Hall–Kier alpha value is -4.39. The van der Waals surface area contributed by atoms with Gasteiger partial charge in [0.05, 0.1) is 25.0 Å². The first-order valence-electron chi connectivity index (χ1n) is 11.0. The molecular formula is C27H24N4O3. The molecule has 34 heavy (non-hydrogen) atoms. The van der Waals surface area contributed by atoms with Crippen LogP contribution in [0.15, 0.2) is 72.8 Å². The van der Waals surface area contributed by atoms with Crippen LogP contribution in [0.5, 0.6) is 11.5 Å². The highest BCUT2D eigenvalue weighted by Gasteiger charge is 2.16. The van der Waals surface area contributed by atoms with Gasteiger partial charge in [-0.1, -0.05) is 24.3 Å². The number of aryl methyl sites for hydroxylation is 1. The van der Waals surface area contributed by atoms with Crippen molar-refractivity contribution >= 4 is 33.4 Å². The summed E-state index contributed by atoms with van der Waals surface area (Å²) < 4.78 is 11.0. The Balaban J connectivity index is 1.45. The van der Waals surface area contributed by atoms with Gasteiger partial charge in [0.2, 0.25) is 0 Å². The van der Waals surface area contributed by atoms with Gasteiger partial charge in [-0.3, -0.25) is 4.79 Å². The molecule has 4 aromatic carbocycles. The first-order chi connectivity index (χ1) is 16.6. The van der Waals surface area contributed by atoms with Crippen LogP contribution in [0.4, 0.5) is 5.69 Å². The Morgan fingerprint density at radius 3 is 2.29 bits per heavy atom. The van der Waals surface area contributed by atoms with E-state index in [2.05, 4.69) is 15.5 Å². The lowest BCUT2D eigenvalue weighted by atomic mass is 10.0. The zero-order valence-electron chi connectivity index (χ0n) is 19.2. The topological polar surface area (TPSA) is 78.3 Å². The summed E-state index contributed by atoms with van der Waals surface area (Å²) in [5.41, 5.74) is 4.28. The molecule has 0 spiro atoms. The highest BCUT2D eigenvalue weighted by atomic mass is 16.5. The molecular weight excluding hydrogens is 428 g/mol. The maximum absolute atomic E-state index is 13.2. The summed E-state index contributed by atoms with van der Waals surface area (Å²) in [6.07, 6.45) is 0. The molecule has 0 saturated heterocycles. The maximum atomic E-state index is 13.2. The Kier molecular flexibility index (Phi) is 5.59. The molecule has 0 aliphatic rings. The second kappa shape index (κ2) is 8.86. The van der Waals surface area contributed by atoms with Crippen molar-refractivity contribution in [1.29, 1.82) is 0 Å². The molecule has 0 fully saturated rings. The van der Waals surface area contributed by atoms with Gasteiger partial charge >= 0.3 is 0 Å². The molecule has 1 heterocycles. The molecule has 1 N–H and O–H groups in total. The van der Waals surface area contributed by atoms with Crippen LogP contribution in [0.2, 0.25) is 0 Å². The maximum Gasteiger partial charge on any atom is 0.259 e. The molecule has 7 nitrogen and oxygen atoms in total. The van der Waals surface area contributed by atoms with Crippen LogP contribution in [0.3, 0.4) is 0 Å². The van der Waals surface area contributed by atoms with E-state index in [1.54, 1.807) is 11.9 Å². The number of amides is 1. The number of carbonyl (C=O) groups excluding carboxylic acids is 1. The van der Waals surface area contributed by atoms with Gasteiger partial charge in [-0.15, -0.1) is 10.2 Å². The van der Waals surface area contributed by atoms with Gasteiger partial charge in [0.25, 0.3) is 5.91 Å². The molecule has 1 amide bonds. The number of carbonyl (C=O) groups is 1. The lowest BCUT2D eigenvalue weighted by Crippen LogP contribution is -2.14. The third kappa shape index (κ3) is 4.03. The third-order valence-corrected chi connectivity index (χ3v) is 5.67. The molecule has 5 aromatic rings. The van der Waals surface area contributed by atoms with Gasteiger partial charge in [-0.2, -0.15) is 4.80 Å². The van der Waals surface area contributed by atoms with E-state index in [-0.39, 0.29) is 5.91 Å². The van der Waals surface area contributed by atoms with Gasteiger partial charge in [0.15, 0.2) is 0 Å². The van der Waals surface area contributed by atoms with Gasteiger partial charge < -0.3 is 14.8 Å². The number of benzene rings is 4. The number of aromatic nitrogens is 3. The van der Waals surface area contributed by atoms with Crippen LogP contribution in [0.1, 0.15) is 22.8 Å². The fourth-order valence-corrected chi connectivity index (χ4v) is 3.92. The van der Waals surface area contributed by atoms with E-state index >= 15 is 0 Å². The fourth-order valence-electron chi connectivity index (χ4n) is 3.92. The molecule has 0 atom stereocenters. The monoisotopic (exact) mass is 452 g/mol. The highest BCUT2D eigenvalue weighted by Crippen LogP contribution is 2.28. The molecule has 0 aliphatic heterocycles. The predicted molar refractivity (Wildman–Crippen MR) is 133 cm³/mol. The van der Waals surface area contributed by atoms with E-state index < -0.39 is 0 Å². The number of methoxy groups -OCH3 is 1. The van der Waals surface area contributed by atoms with Crippen LogP contribution < -0.4 is 14.8 Å². The van der Waals surface area contributed by atoms with E-state index in [0.717, 1.165) is 33.3 Å². The van der Waals surface area contributed by atoms with Crippen LogP contribution in [-0.4, -0.2) is 34.6 Å². The molecule has 0 saturated carbocycles. The van der Waals surface area contributed by atoms with Crippen LogP contribution >= 0.6 is 0 Å². The number of anilines is 1. The second-order valence-corrected chi connectivity index (χ2v) is 7.93. The molecule has 7 heteroatoms. The van der Waals surface area contributed by atoms with Crippen molar-refractivity contribution in [2.75, 3.05) is 19.0 Å². The Labute approximate surface area is 196 Å². The predicted octanol–water partition coefficient (Wildman–Crippen LogP) is 5.54. The summed E-state index contributed by atoms with van der Waals surface area (Å²) >= 11 is 0. The summed E-state index contributed by atoms with van der Waals surface area (Å²) in [6.45, 7) is 4.50. The third-order valence-electron chi connectivity index (χ3n) is 5.67. The van der Waals surface area contributed by atoms with Crippen molar-refractivity contribution in [3.63, 3.8) is 0 Å². The van der Waals surface area contributed by atoms with E-state index in [1.807, 2.05) is 86.6 Å². The number of ether oxygens (including phenoxy) is 2. The van der Waals surface area contributed by atoms with Gasteiger partial charge in [0.1, 0.15) is 22.5 Å². The SMILES string of the molecule is CCOc1ccc(-n2nc3cc(C)c(NC(=O)c4cc5ccccc5cc4OC)cc3n2)cc1. The van der Waals surface area contributed by atoms with Crippen LogP contribution in [-0.2, 0) is 0 Å². The standard InChI is InChI=1S/C27H24N4O3/c1-4-34-21-11-9-20(10-12-21)31-29-24-13-17(2)23(16-25(24)30-31)28-27(32)22-14-18-7-5-6-8-19(18)15-26(22)33-3/h5-16H,4H2,1-3H3,(H,28,32). The summed E-state index contributed by atoms with van der Waals surface area (Å²) in [5, 5.41) is 14.2. The zero-order chi connectivity index (χ0) is 23.7. The van der Waals surface area contributed by atoms with E-state index in [9.17, 15) is 4.79 Å². The molecule has 0 aliphatic carbocycles. The van der Waals surface area contributed by atoms with Gasteiger partial charge in [-0.05, 0) is 78.7 Å². The lowest BCUT2D eigenvalue weighted by Gasteiger charge is -2.12. The summed E-state index contributed by atoms with van der Waals surface area (Å²) in [5.74, 6) is 1.08. The number of nitrogens with one attached hydrogen (secondary N) is 1. The van der Waals surface area contributed by atoms with Crippen molar-refractivity contribution in [3.8, 4) is 17.2 Å². The van der Waals surface area contributed by atoms with Gasteiger partial charge in [0, 0.05) is 5.69 Å². The second-order valence-electron chi connectivity index (χ2n) is 7.93. The largest absolute Gasteiger partial charge is 0.496 e. The highest BCUT2D eigenvalue weighted by molar-refractivity contribution is 6.09. The zero-order valence-corrected chi connectivity index (χ0v) is 19.2. The Bertz CT molecular complexity index is 1510. The van der Waals surface area contributed by atoms with E-state index in [0.29, 0.717) is 29.1 Å². The average molecular weight is 453 g/mol. The van der Waals surface area contributed by atoms with Crippen molar-refractivity contribution < 1.29 is 14.3 Å². The van der Waals surface area contributed by atoms with Crippen molar-refractivity contribution in [3.05, 3.63) is 83.9 Å². The minimum absolute atomic E-state index is 0.246. The first-order valence-corrected chi connectivity index (χ1v) is 11.0. The molecule has 0 radical (unpaired) electrons. The summed E-state index contributed by atoms with van der Waals surface area (Å²) in [7, 11) is 1.57. The number of hydrogen-bond donors (Lipinski definition) is 1. The first kappa shape index (κ1) is 21.5. The van der Waals surface area contributed by atoms with Crippen molar-refractivity contribution in [1.82, 2.24) is 15.0 Å². The molecule has 170 valence electrons. The fraction of sp³-hybridized carbons (Fsp3) is 0.148. The normalized spacial score (nSPS) is 11.0. The smallest absolute Gasteiger partial charge is 0.259 e. The quantitative estimate of drug-likeness (QED) is 0.366. The van der Waals surface area contributed by atoms with Crippen molar-refractivity contribution in [2.45, 2.75) is 13.8 Å². The van der Waals surface area contributed by atoms with Crippen molar-refractivity contribution in [2.24, 2.45) is 0 Å². The minimum Gasteiger partial charge on any atom is -0.496 e. The summed E-state index contributed by atoms with van der Waals surface area (Å²) in [6, 6.07) is 22.9. The Morgan fingerprint density at radius 1 is 0.941 bits per heavy atom. The number of rotatable bonds is 6. The van der Waals surface area contributed by atoms with Crippen LogP contribution in [0, 0.1) is 6.92 Å². The average Bonchev–Trinajstić information content (AvgIpc) is 3.26. The van der Waals surface area contributed by atoms with Gasteiger partial charge in [-0.25, -0.2) is 0 Å². The molecule has 0 unspecified atom stereocenters. The van der Waals surface area contributed by atoms with E-state index in [1.165, 1.54) is 0 Å². The number of fused-ring (bicyclic) bond motifs is 2. The van der Waals surface area contributed by atoms with E-state index in [4.69, 9.17) is 9.47 Å². The lowest BCUT2D eigenvalue weighted by molar-refractivity contribution is 0.102. The molecule has 1 aromatic heterocycles. The Morgan fingerprint density at radius 2 is 1.62 bits per heavy atom. The van der Waals surface area contributed by atoms with Crippen LogP contribution in [0.25, 0.3) is 27.5 Å². The molecule has 5 rings (SSSR count).